The summed E-state index contributed by atoms with van der Waals surface area (Å²) < 4.78 is 5.91. The lowest BCUT2D eigenvalue weighted by Crippen LogP contribution is -2.53. The third kappa shape index (κ3) is 4.82. The first-order valence-electron chi connectivity index (χ1n) is 13.4. The first kappa shape index (κ1) is 24.7. The molecule has 0 spiro atoms. The van der Waals surface area contributed by atoms with E-state index in [4.69, 9.17) is 4.74 Å². The Hall–Kier alpha value is -3.59. The Balaban J connectivity index is 0.998. The summed E-state index contributed by atoms with van der Waals surface area (Å²) in [6.07, 6.45) is -0.0788. The fraction of sp³-hybridized carbons (Fsp3) is 0.367. The number of ether oxygens (including phenoxy) is 1. The second-order valence-corrected chi connectivity index (χ2v) is 10.2. The molecule has 6 rings (SSSR count). The zero-order valence-electron chi connectivity index (χ0n) is 21.4. The van der Waals surface area contributed by atoms with Crippen LogP contribution in [0.25, 0.3) is 10.8 Å². The lowest BCUT2D eigenvalue weighted by molar-refractivity contribution is -0.140. The van der Waals surface area contributed by atoms with Gasteiger partial charge in [0.25, 0.3) is 11.8 Å². The van der Waals surface area contributed by atoms with E-state index in [1.165, 1.54) is 4.90 Å². The van der Waals surface area contributed by atoms with Gasteiger partial charge in [-0.3, -0.25) is 29.1 Å². The molecule has 196 valence electrons. The van der Waals surface area contributed by atoms with Crippen LogP contribution in [0.1, 0.15) is 32.4 Å². The number of carbonyl (C=O) groups is 3. The number of imide groups is 1. The standard InChI is InChI=1S/C30H32N4O4/c35-27(33-18-19-38-26(20-33)22-6-2-1-3-7-22)21-32-14-12-31(13-15-32)16-17-34-29(36)24-10-4-8-23-9-5-11-25(28(23)24)30(34)37/h1-11,26H,12-21H2/t26-/m1/s1. The average Bonchev–Trinajstić information content (AvgIpc) is 2.97. The Morgan fingerprint density at radius 2 is 1.42 bits per heavy atom. The van der Waals surface area contributed by atoms with Crippen molar-refractivity contribution in [3.05, 3.63) is 83.4 Å². The predicted molar refractivity (Wildman–Crippen MR) is 144 cm³/mol. The summed E-state index contributed by atoms with van der Waals surface area (Å²) in [5.41, 5.74) is 2.29. The van der Waals surface area contributed by atoms with Crippen molar-refractivity contribution >= 4 is 28.5 Å². The van der Waals surface area contributed by atoms with E-state index in [1.54, 1.807) is 12.1 Å². The van der Waals surface area contributed by atoms with Crippen molar-refractivity contribution < 1.29 is 19.1 Å². The predicted octanol–water partition coefficient (Wildman–Crippen LogP) is 2.65. The molecule has 2 saturated heterocycles. The highest BCUT2D eigenvalue weighted by atomic mass is 16.5. The van der Waals surface area contributed by atoms with Crippen LogP contribution in [0.3, 0.4) is 0 Å². The van der Waals surface area contributed by atoms with Crippen LogP contribution >= 0.6 is 0 Å². The van der Waals surface area contributed by atoms with Gasteiger partial charge in [-0.15, -0.1) is 0 Å². The van der Waals surface area contributed by atoms with Gasteiger partial charge in [0.1, 0.15) is 6.10 Å². The molecule has 0 saturated carbocycles. The SMILES string of the molecule is O=C(CN1CCN(CCN2C(=O)c3cccc4cccc(c34)C2=O)CC1)N1CCO[C@@H](c2ccccc2)C1. The third-order valence-electron chi connectivity index (χ3n) is 7.91. The highest BCUT2D eigenvalue weighted by Crippen LogP contribution is 2.30. The van der Waals surface area contributed by atoms with E-state index in [9.17, 15) is 14.4 Å². The Kier molecular flexibility index (Phi) is 6.93. The maximum Gasteiger partial charge on any atom is 0.261 e. The minimum absolute atomic E-state index is 0.0788. The van der Waals surface area contributed by atoms with Crippen molar-refractivity contribution in [1.29, 1.82) is 0 Å². The average molecular weight is 513 g/mol. The number of nitrogens with zero attached hydrogens (tertiary/aromatic N) is 4. The van der Waals surface area contributed by atoms with Crippen LogP contribution < -0.4 is 0 Å². The van der Waals surface area contributed by atoms with E-state index in [1.807, 2.05) is 59.5 Å². The molecule has 0 unspecified atom stereocenters. The molecule has 2 fully saturated rings. The molecule has 8 heteroatoms. The third-order valence-corrected chi connectivity index (χ3v) is 7.91. The Morgan fingerprint density at radius 3 is 2.11 bits per heavy atom. The van der Waals surface area contributed by atoms with Crippen molar-refractivity contribution in [3.63, 3.8) is 0 Å². The maximum atomic E-state index is 13.2. The van der Waals surface area contributed by atoms with Crippen LogP contribution in [0, 0.1) is 0 Å². The highest BCUT2D eigenvalue weighted by molar-refractivity contribution is 6.25. The molecular weight excluding hydrogens is 480 g/mol. The first-order valence-corrected chi connectivity index (χ1v) is 13.4. The van der Waals surface area contributed by atoms with Crippen LogP contribution in [0.4, 0.5) is 0 Å². The molecule has 0 aliphatic carbocycles. The lowest BCUT2D eigenvalue weighted by Gasteiger charge is -2.38. The van der Waals surface area contributed by atoms with Gasteiger partial charge in [0.15, 0.2) is 0 Å². The Bertz CT molecular complexity index is 1300. The largest absolute Gasteiger partial charge is 0.370 e. The number of amides is 3. The van der Waals surface area contributed by atoms with Crippen molar-refractivity contribution in [3.8, 4) is 0 Å². The lowest BCUT2D eigenvalue weighted by atomic mass is 9.94. The molecule has 0 radical (unpaired) electrons. The van der Waals surface area contributed by atoms with E-state index in [0.717, 1.165) is 42.5 Å². The van der Waals surface area contributed by atoms with Gasteiger partial charge in [-0.25, -0.2) is 0 Å². The minimum Gasteiger partial charge on any atom is -0.370 e. The van der Waals surface area contributed by atoms with Crippen LogP contribution in [0.5, 0.6) is 0 Å². The van der Waals surface area contributed by atoms with E-state index < -0.39 is 0 Å². The summed E-state index contributed by atoms with van der Waals surface area (Å²) >= 11 is 0. The Morgan fingerprint density at radius 1 is 0.763 bits per heavy atom. The number of rotatable bonds is 6. The molecule has 0 N–H and O–H groups in total. The van der Waals surface area contributed by atoms with Gasteiger partial charge < -0.3 is 9.64 Å². The second-order valence-electron chi connectivity index (χ2n) is 10.2. The van der Waals surface area contributed by atoms with Gasteiger partial charge in [0.05, 0.1) is 19.7 Å². The molecular formula is C30H32N4O4. The molecule has 3 aliphatic heterocycles. The van der Waals surface area contributed by atoms with E-state index >= 15 is 0 Å². The zero-order valence-corrected chi connectivity index (χ0v) is 21.4. The van der Waals surface area contributed by atoms with Gasteiger partial charge in [-0.05, 0) is 23.1 Å². The number of hydrogen-bond acceptors (Lipinski definition) is 6. The van der Waals surface area contributed by atoms with Crippen LogP contribution in [0.15, 0.2) is 66.7 Å². The van der Waals surface area contributed by atoms with Gasteiger partial charge >= 0.3 is 0 Å². The smallest absolute Gasteiger partial charge is 0.261 e. The normalized spacial score (nSPS) is 20.8. The first-order chi connectivity index (χ1) is 18.6. The van der Waals surface area contributed by atoms with Gasteiger partial charge in [-0.2, -0.15) is 0 Å². The topological polar surface area (TPSA) is 73.4 Å². The summed E-state index contributed by atoms with van der Waals surface area (Å²) in [5.74, 6) is -0.300. The van der Waals surface area contributed by atoms with Crippen LogP contribution in [-0.2, 0) is 9.53 Å². The van der Waals surface area contributed by atoms with Crippen molar-refractivity contribution in [1.82, 2.24) is 19.6 Å². The molecule has 3 aromatic carbocycles. The molecule has 3 heterocycles. The summed E-state index contributed by atoms with van der Waals surface area (Å²) in [6.45, 7) is 6.29. The van der Waals surface area contributed by atoms with Crippen molar-refractivity contribution in [2.75, 3.05) is 65.5 Å². The van der Waals surface area contributed by atoms with E-state index in [2.05, 4.69) is 9.80 Å². The molecule has 0 aromatic heterocycles. The van der Waals surface area contributed by atoms with E-state index in [-0.39, 0.29) is 23.8 Å². The fourth-order valence-electron chi connectivity index (χ4n) is 5.73. The van der Waals surface area contributed by atoms with Gasteiger partial charge in [0.2, 0.25) is 5.91 Å². The summed E-state index contributed by atoms with van der Waals surface area (Å²) in [6, 6.07) is 21.3. The molecule has 3 amide bonds. The number of benzene rings is 3. The van der Waals surface area contributed by atoms with Crippen LogP contribution in [0.2, 0.25) is 0 Å². The number of piperazine rings is 1. The van der Waals surface area contributed by atoms with Crippen LogP contribution in [-0.4, -0.2) is 103 Å². The Labute approximate surface area is 222 Å². The van der Waals surface area contributed by atoms with Crippen molar-refractivity contribution in [2.24, 2.45) is 0 Å². The molecule has 8 nitrogen and oxygen atoms in total. The maximum absolute atomic E-state index is 13.2. The monoisotopic (exact) mass is 512 g/mol. The fourth-order valence-corrected chi connectivity index (χ4v) is 5.73. The molecule has 0 bridgehead atoms. The number of carbonyl (C=O) groups excluding carboxylic acids is 3. The van der Waals surface area contributed by atoms with Gasteiger partial charge in [-0.1, -0.05) is 54.6 Å². The number of morpholine rings is 1. The van der Waals surface area contributed by atoms with Gasteiger partial charge in [0, 0.05) is 62.3 Å². The summed E-state index contributed by atoms with van der Waals surface area (Å²) in [7, 11) is 0. The molecule has 1 atom stereocenters. The minimum atomic E-state index is -0.220. The van der Waals surface area contributed by atoms with Crippen molar-refractivity contribution in [2.45, 2.75) is 6.10 Å². The summed E-state index contributed by atoms with van der Waals surface area (Å²) in [4.78, 5) is 47.1. The highest BCUT2D eigenvalue weighted by Gasteiger charge is 2.33. The molecule has 38 heavy (non-hydrogen) atoms. The number of hydrogen-bond donors (Lipinski definition) is 0. The second kappa shape index (κ2) is 10.6. The molecule has 3 aromatic rings. The summed E-state index contributed by atoms with van der Waals surface area (Å²) in [5, 5.41) is 1.68. The quantitative estimate of drug-likeness (QED) is 0.473. The molecule has 3 aliphatic rings. The van der Waals surface area contributed by atoms with E-state index in [0.29, 0.717) is 50.5 Å². The zero-order chi connectivity index (χ0) is 26.1.